The summed E-state index contributed by atoms with van der Waals surface area (Å²) in [6, 6.07) is 8.19. The van der Waals surface area contributed by atoms with Gasteiger partial charge in [0.25, 0.3) is 0 Å². The molecule has 1 atom stereocenters. The Kier molecular flexibility index (Phi) is 4.61. The van der Waals surface area contributed by atoms with Crippen LogP contribution in [0.25, 0.3) is 10.9 Å². The number of fused-ring (bicyclic) bond motifs is 1. The van der Waals surface area contributed by atoms with Crippen molar-refractivity contribution in [1.29, 1.82) is 0 Å². The van der Waals surface area contributed by atoms with E-state index in [1.165, 1.54) is 0 Å². The molecule has 0 saturated carbocycles. The fourth-order valence-corrected chi connectivity index (χ4v) is 2.98. The second kappa shape index (κ2) is 6.23. The van der Waals surface area contributed by atoms with Crippen LogP contribution < -0.4 is 0 Å². The molecule has 0 aliphatic rings. The second-order valence-electron chi connectivity index (χ2n) is 5.49. The van der Waals surface area contributed by atoms with E-state index in [9.17, 15) is 5.11 Å². The lowest BCUT2D eigenvalue weighted by Gasteiger charge is -2.33. The minimum Gasteiger partial charge on any atom is -0.505 e. The third kappa shape index (κ3) is 2.63. The molecule has 1 aromatic heterocycles. The van der Waals surface area contributed by atoms with Gasteiger partial charge in [0.05, 0.1) is 0 Å². The van der Waals surface area contributed by atoms with Crippen LogP contribution in [0, 0.1) is 5.92 Å². The number of phenolic OH excluding ortho intramolecular Hbond substituents is 1. The largest absolute Gasteiger partial charge is 0.505 e. The number of nitrogens with zero attached hydrogens (tertiary/aromatic N) is 2. The summed E-state index contributed by atoms with van der Waals surface area (Å²) in [5, 5.41) is 11.6. The van der Waals surface area contributed by atoms with Crippen LogP contribution in [0.1, 0.15) is 39.3 Å². The van der Waals surface area contributed by atoms with Crippen LogP contribution in [0.4, 0.5) is 0 Å². The van der Waals surface area contributed by atoms with Gasteiger partial charge in [0.1, 0.15) is 11.3 Å². The highest BCUT2D eigenvalue weighted by Crippen LogP contribution is 2.37. The fourth-order valence-electron chi connectivity index (χ4n) is 2.98. The average molecular weight is 272 g/mol. The lowest BCUT2D eigenvalue weighted by atomic mass is 9.92. The van der Waals surface area contributed by atoms with Crippen LogP contribution >= 0.6 is 0 Å². The molecule has 108 valence electrons. The third-order valence-electron chi connectivity index (χ3n) is 3.93. The van der Waals surface area contributed by atoms with Gasteiger partial charge >= 0.3 is 0 Å². The standard InChI is InChI=1S/C17H24N2O/c1-5-19(6-2)16(12(3)4)14-10-9-13-8-7-11-18-15(13)17(14)20/h7-12,16,20H,5-6H2,1-4H3. The van der Waals surface area contributed by atoms with Crippen molar-refractivity contribution in [2.75, 3.05) is 13.1 Å². The van der Waals surface area contributed by atoms with E-state index in [1.54, 1.807) is 6.20 Å². The first-order valence-corrected chi connectivity index (χ1v) is 7.40. The second-order valence-corrected chi connectivity index (χ2v) is 5.49. The maximum Gasteiger partial charge on any atom is 0.146 e. The average Bonchev–Trinajstić information content (AvgIpc) is 2.46. The van der Waals surface area contributed by atoms with Crippen LogP contribution in [0.15, 0.2) is 30.5 Å². The smallest absolute Gasteiger partial charge is 0.146 e. The number of pyridine rings is 1. The first-order chi connectivity index (χ1) is 9.60. The minimum atomic E-state index is 0.219. The number of aromatic hydroxyl groups is 1. The highest BCUT2D eigenvalue weighted by Gasteiger charge is 2.25. The predicted molar refractivity (Wildman–Crippen MR) is 83.9 cm³/mol. The van der Waals surface area contributed by atoms with Crippen molar-refractivity contribution in [3.8, 4) is 5.75 Å². The van der Waals surface area contributed by atoms with Gasteiger partial charge in [0.15, 0.2) is 0 Å². The van der Waals surface area contributed by atoms with Gasteiger partial charge in [-0.1, -0.05) is 45.9 Å². The molecule has 2 aromatic rings. The quantitative estimate of drug-likeness (QED) is 0.894. The summed E-state index contributed by atoms with van der Waals surface area (Å²) in [6.07, 6.45) is 1.73. The SMILES string of the molecule is CCN(CC)C(c1ccc2cccnc2c1O)C(C)C. The van der Waals surface area contributed by atoms with Crippen LogP contribution in [-0.4, -0.2) is 28.1 Å². The highest BCUT2D eigenvalue weighted by molar-refractivity contribution is 5.85. The van der Waals surface area contributed by atoms with E-state index in [4.69, 9.17) is 0 Å². The molecule has 3 nitrogen and oxygen atoms in total. The first kappa shape index (κ1) is 14.8. The molecule has 1 N–H and O–H groups in total. The molecule has 0 fully saturated rings. The highest BCUT2D eigenvalue weighted by atomic mass is 16.3. The minimum absolute atomic E-state index is 0.219. The molecular weight excluding hydrogens is 248 g/mol. The van der Waals surface area contributed by atoms with Crippen molar-refractivity contribution in [3.05, 3.63) is 36.0 Å². The molecule has 1 heterocycles. The van der Waals surface area contributed by atoms with Crippen LogP contribution in [0.3, 0.4) is 0 Å². The van der Waals surface area contributed by atoms with Gasteiger partial charge in [-0.25, -0.2) is 0 Å². The zero-order valence-corrected chi connectivity index (χ0v) is 12.8. The summed E-state index contributed by atoms with van der Waals surface area (Å²) < 4.78 is 0. The molecule has 1 aromatic carbocycles. The monoisotopic (exact) mass is 272 g/mol. The molecule has 0 spiro atoms. The Labute approximate surface area is 121 Å². The lowest BCUT2D eigenvalue weighted by Crippen LogP contribution is -2.31. The van der Waals surface area contributed by atoms with Crippen molar-refractivity contribution in [2.45, 2.75) is 33.7 Å². The Hall–Kier alpha value is -1.61. The molecular formula is C17H24N2O. The van der Waals surface area contributed by atoms with Crippen LogP contribution in [0.2, 0.25) is 0 Å². The van der Waals surface area contributed by atoms with Crippen LogP contribution in [0.5, 0.6) is 5.75 Å². The zero-order chi connectivity index (χ0) is 14.7. The molecule has 20 heavy (non-hydrogen) atoms. The fraction of sp³-hybridized carbons (Fsp3) is 0.471. The number of phenols is 1. The number of hydrogen-bond donors (Lipinski definition) is 1. The summed E-state index contributed by atoms with van der Waals surface area (Å²) in [4.78, 5) is 6.71. The number of rotatable bonds is 5. The van der Waals surface area contributed by atoms with E-state index >= 15 is 0 Å². The van der Waals surface area contributed by atoms with E-state index < -0.39 is 0 Å². The van der Waals surface area contributed by atoms with Crippen molar-refractivity contribution >= 4 is 10.9 Å². The normalized spacial score (nSPS) is 13.3. The van der Waals surface area contributed by atoms with E-state index in [2.05, 4.69) is 43.6 Å². The molecule has 0 bridgehead atoms. The summed E-state index contributed by atoms with van der Waals surface area (Å²) in [5.41, 5.74) is 1.68. The maximum atomic E-state index is 10.6. The Morgan fingerprint density at radius 3 is 2.45 bits per heavy atom. The van der Waals surface area contributed by atoms with E-state index in [0.29, 0.717) is 17.2 Å². The topological polar surface area (TPSA) is 36.4 Å². The molecule has 1 unspecified atom stereocenters. The Morgan fingerprint density at radius 2 is 1.85 bits per heavy atom. The van der Waals surface area contributed by atoms with Gasteiger partial charge in [0, 0.05) is 23.2 Å². The summed E-state index contributed by atoms with van der Waals surface area (Å²) in [6.45, 7) is 10.7. The van der Waals surface area contributed by atoms with E-state index in [-0.39, 0.29) is 6.04 Å². The summed E-state index contributed by atoms with van der Waals surface area (Å²) in [5.74, 6) is 0.760. The van der Waals surface area contributed by atoms with Gasteiger partial charge in [-0.2, -0.15) is 0 Å². The third-order valence-corrected chi connectivity index (χ3v) is 3.93. The van der Waals surface area contributed by atoms with E-state index in [0.717, 1.165) is 24.0 Å². The molecule has 2 rings (SSSR count). The predicted octanol–water partition coefficient (Wildman–Crippen LogP) is 3.98. The summed E-state index contributed by atoms with van der Waals surface area (Å²) in [7, 11) is 0. The van der Waals surface area contributed by atoms with E-state index in [1.807, 2.05) is 18.2 Å². The number of aromatic nitrogens is 1. The molecule has 0 amide bonds. The number of benzene rings is 1. The van der Waals surface area contributed by atoms with Crippen molar-refractivity contribution in [1.82, 2.24) is 9.88 Å². The molecule has 0 aliphatic carbocycles. The Bertz CT molecular complexity index is 576. The van der Waals surface area contributed by atoms with Crippen LogP contribution in [-0.2, 0) is 0 Å². The summed E-state index contributed by atoms with van der Waals surface area (Å²) >= 11 is 0. The van der Waals surface area contributed by atoms with Crippen molar-refractivity contribution in [2.24, 2.45) is 5.92 Å². The Morgan fingerprint density at radius 1 is 1.15 bits per heavy atom. The van der Waals surface area contributed by atoms with Gasteiger partial charge in [-0.3, -0.25) is 9.88 Å². The lowest BCUT2D eigenvalue weighted by molar-refractivity contribution is 0.169. The molecule has 0 radical (unpaired) electrons. The molecule has 3 heteroatoms. The van der Waals surface area contributed by atoms with Gasteiger partial charge in [-0.15, -0.1) is 0 Å². The first-order valence-electron chi connectivity index (χ1n) is 7.40. The molecule has 0 saturated heterocycles. The molecule has 0 aliphatic heterocycles. The maximum absolute atomic E-state index is 10.6. The van der Waals surface area contributed by atoms with Gasteiger partial charge < -0.3 is 5.11 Å². The number of hydrogen-bond acceptors (Lipinski definition) is 3. The van der Waals surface area contributed by atoms with Crippen molar-refractivity contribution in [3.63, 3.8) is 0 Å². The van der Waals surface area contributed by atoms with Gasteiger partial charge in [0.2, 0.25) is 0 Å². The van der Waals surface area contributed by atoms with Crippen molar-refractivity contribution < 1.29 is 5.11 Å². The zero-order valence-electron chi connectivity index (χ0n) is 12.8. The van der Waals surface area contributed by atoms with Gasteiger partial charge in [-0.05, 0) is 25.1 Å². The Balaban J connectivity index is 2.56.